The van der Waals surface area contributed by atoms with E-state index in [1.54, 1.807) is 30.9 Å². The van der Waals surface area contributed by atoms with Crippen molar-refractivity contribution in [2.75, 3.05) is 25.0 Å². The van der Waals surface area contributed by atoms with Crippen LogP contribution in [0.15, 0.2) is 49.1 Å². The summed E-state index contributed by atoms with van der Waals surface area (Å²) in [4.78, 5) is 20.5. The number of nitrogens with zero attached hydrogens (tertiary/aromatic N) is 3. The number of rotatable bonds is 7. The van der Waals surface area contributed by atoms with Gasteiger partial charge in [0.25, 0.3) is 5.91 Å². The summed E-state index contributed by atoms with van der Waals surface area (Å²) < 4.78 is 1.86. The summed E-state index contributed by atoms with van der Waals surface area (Å²) in [5.41, 5.74) is 3.13. The van der Waals surface area contributed by atoms with Crippen LogP contribution in [0, 0.1) is 0 Å². The average Bonchev–Trinajstić information content (AvgIpc) is 3.02. The summed E-state index contributed by atoms with van der Waals surface area (Å²) in [5, 5.41) is 15.1. The smallest absolute Gasteiger partial charge is 0.251 e. The molecule has 7 heteroatoms. The maximum atomic E-state index is 12.2. The third-order valence-corrected chi connectivity index (χ3v) is 3.63. The van der Waals surface area contributed by atoms with Gasteiger partial charge in [-0.1, -0.05) is 0 Å². The fourth-order valence-electron chi connectivity index (χ4n) is 2.44. The molecule has 0 bridgehead atoms. The second-order valence-corrected chi connectivity index (χ2v) is 5.29. The van der Waals surface area contributed by atoms with Crippen molar-refractivity contribution in [3.05, 3.63) is 54.6 Å². The van der Waals surface area contributed by atoms with E-state index < -0.39 is 0 Å². The predicted molar refractivity (Wildman–Crippen MR) is 91.9 cm³/mol. The molecule has 1 amide bonds. The Morgan fingerprint density at radius 3 is 2.96 bits per heavy atom. The van der Waals surface area contributed by atoms with Crippen molar-refractivity contribution in [3.63, 3.8) is 0 Å². The van der Waals surface area contributed by atoms with Crippen LogP contribution in [0.25, 0.3) is 11.0 Å². The van der Waals surface area contributed by atoms with E-state index in [4.69, 9.17) is 5.11 Å². The second-order valence-electron chi connectivity index (χ2n) is 5.29. The van der Waals surface area contributed by atoms with E-state index in [-0.39, 0.29) is 12.5 Å². The van der Waals surface area contributed by atoms with Crippen LogP contribution in [0.4, 0.5) is 5.69 Å². The molecule has 3 rings (SSSR count). The summed E-state index contributed by atoms with van der Waals surface area (Å²) >= 11 is 0. The SMILES string of the molecule is O=C(NCCNc1cccnc1)c1ccc2c(c1)ncn2CCO. The van der Waals surface area contributed by atoms with E-state index >= 15 is 0 Å². The number of nitrogens with one attached hydrogen (secondary N) is 2. The zero-order valence-electron chi connectivity index (χ0n) is 13.1. The van der Waals surface area contributed by atoms with Crippen molar-refractivity contribution in [1.82, 2.24) is 19.9 Å². The number of anilines is 1. The number of pyridine rings is 1. The van der Waals surface area contributed by atoms with Crippen molar-refractivity contribution < 1.29 is 9.90 Å². The highest BCUT2D eigenvalue weighted by Crippen LogP contribution is 2.15. The van der Waals surface area contributed by atoms with E-state index in [9.17, 15) is 4.79 Å². The van der Waals surface area contributed by atoms with Gasteiger partial charge < -0.3 is 20.3 Å². The molecule has 0 aliphatic heterocycles. The number of carbonyl (C=O) groups excluding carboxylic acids is 1. The zero-order valence-corrected chi connectivity index (χ0v) is 13.1. The minimum Gasteiger partial charge on any atom is -0.395 e. The fourth-order valence-corrected chi connectivity index (χ4v) is 2.44. The number of carbonyl (C=O) groups is 1. The zero-order chi connectivity index (χ0) is 16.8. The van der Waals surface area contributed by atoms with Crippen LogP contribution in [0.3, 0.4) is 0 Å². The number of aromatic nitrogens is 3. The Hall–Kier alpha value is -2.93. The summed E-state index contributed by atoms with van der Waals surface area (Å²) in [7, 11) is 0. The van der Waals surface area contributed by atoms with E-state index in [0.717, 1.165) is 16.7 Å². The Kier molecular flexibility index (Phi) is 5.02. The lowest BCUT2D eigenvalue weighted by molar-refractivity contribution is 0.0955. The molecule has 1 aromatic carbocycles. The van der Waals surface area contributed by atoms with Crippen LogP contribution in [-0.2, 0) is 6.54 Å². The van der Waals surface area contributed by atoms with Gasteiger partial charge in [0.05, 0.1) is 29.7 Å². The molecule has 2 aromatic heterocycles. The molecule has 3 N–H and O–H groups in total. The Balaban J connectivity index is 1.56. The molecule has 0 saturated heterocycles. The molecule has 0 aliphatic rings. The summed E-state index contributed by atoms with van der Waals surface area (Å²) in [6, 6.07) is 9.15. The van der Waals surface area contributed by atoms with Gasteiger partial charge in [0.1, 0.15) is 0 Å². The third-order valence-electron chi connectivity index (χ3n) is 3.63. The number of amides is 1. The van der Waals surface area contributed by atoms with Crippen molar-refractivity contribution in [1.29, 1.82) is 0 Å². The van der Waals surface area contributed by atoms with Crippen LogP contribution in [0.5, 0.6) is 0 Å². The molecule has 24 heavy (non-hydrogen) atoms. The lowest BCUT2D eigenvalue weighted by atomic mass is 10.2. The van der Waals surface area contributed by atoms with Crippen LogP contribution in [0.1, 0.15) is 10.4 Å². The van der Waals surface area contributed by atoms with Gasteiger partial charge in [-0.05, 0) is 30.3 Å². The van der Waals surface area contributed by atoms with Gasteiger partial charge in [0, 0.05) is 37.6 Å². The molecule has 2 heterocycles. The molecule has 0 radical (unpaired) electrons. The molecule has 0 fully saturated rings. The molecular formula is C17H19N5O2. The van der Waals surface area contributed by atoms with Gasteiger partial charge in [0.15, 0.2) is 0 Å². The van der Waals surface area contributed by atoms with Gasteiger partial charge in [-0.3, -0.25) is 9.78 Å². The lowest BCUT2D eigenvalue weighted by Gasteiger charge is -2.08. The number of fused-ring (bicyclic) bond motifs is 1. The Bertz CT molecular complexity index is 816. The molecule has 7 nitrogen and oxygen atoms in total. The van der Waals surface area contributed by atoms with Crippen LogP contribution >= 0.6 is 0 Å². The quantitative estimate of drug-likeness (QED) is 0.569. The minimum atomic E-state index is -0.137. The van der Waals surface area contributed by atoms with E-state index in [1.807, 2.05) is 22.8 Å². The fraction of sp³-hybridized carbons (Fsp3) is 0.235. The highest BCUT2D eigenvalue weighted by molar-refractivity contribution is 5.97. The number of hydrogen-bond acceptors (Lipinski definition) is 5. The maximum absolute atomic E-state index is 12.2. The number of hydrogen-bond donors (Lipinski definition) is 3. The van der Waals surface area contributed by atoms with Gasteiger partial charge in [-0.2, -0.15) is 0 Å². The first-order valence-electron chi connectivity index (χ1n) is 7.76. The van der Waals surface area contributed by atoms with E-state index in [1.165, 1.54) is 0 Å². The van der Waals surface area contributed by atoms with Gasteiger partial charge in [-0.15, -0.1) is 0 Å². The van der Waals surface area contributed by atoms with Gasteiger partial charge >= 0.3 is 0 Å². The van der Waals surface area contributed by atoms with Crippen molar-refractivity contribution >= 4 is 22.6 Å². The van der Waals surface area contributed by atoms with Crippen molar-refractivity contribution in [3.8, 4) is 0 Å². The second kappa shape index (κ2) is 7.56. The normalized spacial score (nSPS) is 10.7. The van der Waals surface area contributed by atoms with Crippen LogP contribution in [-0.4, -0.2) is 45.2 Å². The number of imidazole rings is 1. The van der Waals surface area contributed by atoms with Crippen molar-refractivity contribution in [2.45, 2.75) is 6.54 Å². The topological polar surface area (TPSA) is 92.1 Å². The summed E-state index contributed by atoms with van der Waals surface area (Å²) in [6.07, 6.45) is 5.11. The molecule has 0 spiro atoms. The minimum absolute atomic E-state index is 0.0532. The molecule has 0 saturated carbocycles. The molecular weight excluding hydrogens is 306 g/mol. The first-order valence-corrected chi connectivity index (χ1v) is 7.76. The summed E-state index contributed by atoms with van der Waals surface area (Å²) in [5.74, 6) is -0.137. The maximum Gasteiger partial charge on any atom is 0.251 e. The Morgan fingerprint density at radius 1 is 1.25 bits per heavy atom. The molecule has 3 aromatic rings. The predicted octanol–water partition coefficient (Wildman–Crippen LogP) is 1.27. The lowest BCUT2D eigenvalue weighted by Crippen LogP contribution is -2.28. The van der Waals surface area contributed by atoms with E-state index in [2.05, 4.69) is 20.6 Å². The first kappa shape index (κ1) is 15.9. The monoisotopic (exact) mass is 325 g/mol. The van der Waals surface area contributed by atoms with E-state index in [0.29, 0.717) is 25.2 Å². The number of aliphatic hydroxyl groups is 1. The Morgan fingerprint density at radius 2 is 2.17 bits per heavy atom. The average molecular weight is 325 g/mol. The number of benzene rings is 1. The molecule has 124 valence electrons. The molecule has 0 unspecified atom stereocenters. The molecule has 0 atom stereocenters. The standard InChI is InChI=1S/C17H19N5O2/c23-9-8-22-12-21-15-10-13(3-4-16(15)22)17(24)20-7-6-19-14-2-1-5-18-11-14/h1-5,10-12,19,23H,6-9H2,(H,20,24). The van der Waals surface area contributed by atoms with Crippen LogP contribution < -0.4 is 10.6 Å². The highest BCUT2D eigenvalue weighted by atomic mass is 16.3. The first-order chi connectivity index (χ1) is 11.8. The Labute approximate surface area is 139 Å². The largest absolute Gasteiger partial charge is 0.395 e. The van der Waals surface area contributed by atoms with Gasteiger partial charge in [0.2, 0.25) is 0 Å². The molecule has 0 aliphatic carbocycles. The summed E-state index contributed by atoms with van der Waals surface area (Å²) in [6.45, 7) is 1.66. The van der Waals surface area contributed by atoms with Crippen molar-refractivity contribution in [2.24, 2.45) is 0 Å². The highest BCUT2D eigenvalue weighted by Gasteiger charge is 2.08. The third kappa shape index (κ3) is 3.69. The number of aliphatic hydroxyl groups excluding tert-OH is 1. The van der Waals surface area contributed by atoms with Gasteiger partial charge in [-0.25, -0.2) is 4.98 Å². The van der Waals surface area contributed by atoms with Crippen LogP contribution in [0.2, 0.25) is 0 Å².